The second kappa shape index (κ2) is 5.68. The van der Waals surface area contributed by atoms with Crippen molar-refractivity contribution in [2.75, 3.05) is 33.0 Å². The molecule has 1 heterocycles. The predicted molar refractivity (Wildman–Crippen MR) is 75.9 cm³/mol. The van der Waals surface area contributed by atoms with Crippen LogP contribution in [0.4, 0.5) is 0 Å². The van der Waals surface area contributed by atoms with E-state index in [9.17, 15) is 8.42 Å². The molecule has 3 unspecified atom stereocenters. The Balaban J connectivity index is 2.15. The minimum atomic E-state index is -3.06. The number of hydrogen-bond donors (Lipinski definition) is 1. The van der Waals surface area contributed by atoms with Crippen molar-refractivity contribution in [3.63, 3.8) is 0 Å². The molecule has 5 nitrogen and oxygen atoms in total. The van der Waals surface area contributed by atoms with Gasteiger partial charge in [-0.05, 0) is 32.7 Å². The fourth-order valence-electron chi connectivity index (χ4n) is 3.74. The van der Waals surface area contributed by atoms with Crippen LogP contribution in [0.5, 0.6) is 0 Å². The molecule has 1 aliphatic heterocycles. The molecule has 0 amide bonds. The number of nitrogens with two attached hydrogens (primary N) is 1. The molecule has 0 bridgehead atoms. The molecule has 0 radical (unpaired) electrons. The minimum Gasteiger partial charge on any atom is -0.377 e. The molecular weight excluding hydrogens is 264 g/mol. The Labute approximate surface area is 116 Å². The zero-order valence-electron chi connectivity index (χ0n) is 12.0. The summed E-state index contributed by atoms with van der Waals surface area (Å²) in [4.78, 5) is 2.15. The van der Waals surface area contributed by atoms with Gasteiger partial charge in [-0.15, -0.1) is 0 Å². The lowest BCUT2D eigenvalue weighted by atomic mass is 9.94. The second-order valence-electron chi connectivity index (χ2n) is 6.03. The van der Waals surface area contributed by atoms with Gasteiger partial charge in [-0.2, -0.15) is 0 Å². The Kier molecular flexibility index (Phi) is 4.55. The summed E-state index contributed by atoms with van der Waals surface area (Å²) >= 11 is 0. The lowest BCUT2D eigenvalue weighted by Crippen LogP contribution is -2.60. The van der Waals surface area contributed by atoms with Crippen LogP contribution >= 0.6 is 0 Å². The van der Waals surface area contributed by atoms with Gasteiger partial charge in [0.05, 0.1) is 11.4 Å². The van der Waals surface area contributed by atoms with Crippen molar-refractivity contribution in [2.45, 2.75) is 49.0 Å². The number of sulfone groups is 1. The fraction of sp³-hybridized carbons (Fsp3) is 1.00. The summed E-state index contributed by atoms with van der Waals surface area (Å²) in [7, 11) is -1.07. The van der Waals surface area contributed by atoms with E-state index in [0.717, 1.165) is 45.3 Å². The highest BCUT2D eigenvalue weighted by Crippen LogP contribution is 2.38. The summed E-state index contributed by atoms with van der Waals surface area (Å²) in [5, 5.41) is -0.337. The van der Waals surface area contributed by atoms with Gasteiger partial charge in [0.15, 0.2) is 9.84 Å². The van der Waals surface area contributed by atoms with Gasteiger partial charge >= 0.3 is 0 Å². The highest BCUT2D eigenvalue weighted by atomic mass is 32.2. The molecule has 0 aromatic heterocycles. The smallest absolute Gasteiger partial charge is 0.152 e. The average molecular weight is 290 g/mol. The van der Waals surface area contributed by atoms with Crippen molar-refractivity contribution in [3.05, 3.63) is 0 Å². The summed E-state index contributed by atoms with van der Waals surface area (Å²) in [6, 6.07) is 0. The molecule has 3 atom stereocenters. The molecular formula is C13H26N2O3S. The van der Waals surface area contributed by atoms with Crippen LogP contribution in [0, 0.1) is 0 Å². The van der Waals surface area contributed by atoms with Gasteiger partial charge < -0.3 is 10.5 Å². The van der Waals surface area contributed by atoms with Crippen LogP contribution in [-0.4, -0.2) is 63.2 Å². The predicted octanol–water partition coefficient (Wildman–Crippen LogP) is 0.392. The first-order valence-corrected chi connectivity index (χ1v) is 9.07. The number of likely N-dealkylation sites (N-methyl/N-ethyl adjacent to an activating group) is 1. The summed E-state index contributed by atoms with van der Waals surface area (Å²) in [5.41, 5.74) is 5.58. The van der Waals surface area contributed by atoms with Crippen molar-refractivity contribution < 1.29 is 13.2 Å². The first kappa shape index (κ1) is 15.2. The Morgan fingerprint density at radius 1 is 1.37 bits per heavy atom. The largest absolute Gasteiger partial charge is 0.377 e. The van der Waals surface area contributed by atoms with Gasteiger partial charge in [-0.1, -0.05) is 6.42 Å². The molecule has 2 aliphatic rings. The molecule has 2 fully saturated rings. The molecule has 112 valence electrons. The van der Waals surface area contributed by atoms with E-state index >= 15 is 0 Å². The van der Waals surface area contributed by atoms with Gasteiger partial charge in [0, 0.05) is 31.5 Å². The third-order valence-electron chi connectivity index (χ3n) is 4.81. The zero-order valence-corrected chi connectivity index (χ0v) is 12.8. The highest BCUT2D eigenvalue weighted by Gasteiger charge is 2.50. The number of ether oxygens (including phenoxy) is 1. The quantitative estimate of drug-likeness (QED) is 0.793. The highest BCUT2D eigenvalue weighted by molar-refractivity contribution is 7.91. The molecule has 0 aromatic carbocycles. The average Bonchev–Trinajstić information content (AvgIpc) is 2.96. The summed E-state index contributed by atoms with van der Waals surface area (Å²) in [5.74, 6) is 0. The van der Waals surface area contributed by atoms with Crippen LogP contribution < -0.4 is 5.73 Å². The molecule has 19 heavy (non-hydrogen) atoms. The Bertz CT molecular complexity index is 406. The molecule has 0 aromatic rings. The lowest BCUT2D eigenvalue weighted by Gasteiger charge is -2.42. The van der Waals surface area contributed by atoms with Crippen LogP contribution in [0.1, 0.15) is 32.1 Å². The van der Waals surface area contributed by atoms with Crippen molar-refractivity contribution >= 4 is 9.84 Å². The maximum absolute atomic E-state index is 12.0. The van der Waals surface area contributed by atoms with E-state index in [1.54, 1.807) is 0 Å². The van der Waals surface area contributed by atoms with E-state index in [4.69, 9.17) is 10.5 Å². The van der Waals surface area contributed by atoms with E-state index in [1.807, 2.05) is 7.05 Å². The van der Waals surface area contributed by atoms with E-state index in [0.29, 0.717) is 6.54 Å². The topological polar surface area (TPSA) is 72.6 Å². The van der Waals surface area contributed by atoms with Crippen molar-refractivity contribution in [1.82, 2.24) is 4.90 Å². The van der Waals surface area contributed by atoms with E-state index in [1.165, 1.54) is 6.26 Å². The standard InChI is InChI=1S/C13H26N2O3S/c1-15(9-11-5-4-8-18-11)13(10-14)7-3-6-12(13)19(2,16)17/h11-12H,3-10,14H2,1-2H3. The van der Waals surface area contributed by atoms with E-state index < -0.39 is 15.4 Å². The van der Waals surface area contributed by atoms with E-state index in [-0.39, 0.29) is 11.4 Å². The Morgan fingerprint density at radius 3 is 2.63 bits per heavy atom. The zero-order chi connectivity index (χ0) is 14.1. The van der Waals surface area contributed by atoms with Crippen LogP contribution in [-0.2, 0) is 14.6 Å². The molecule has 0 spiro atoms. The normalized spacial score (nSPS) is 36.2. The van der Waals surface area contributed by atoms with Crippen molar-refractivity contribution in [3.8, 4) is 0 Å². The summed E-state index contributed by atoms with van der Waals surface area (Å²) < 4.78 is 29.7. The number of hydrogen-bond acceptors (Lipinski definition) is 5. The summed E-state index contributed by atoms with van der Waals surface area (Å²) in [6.45, 7) is 2.00. The van der Waals surface area contributed by atoms with Gasteiger partial charge in [0.2, 0.25) is 0 Å². The Morgan fingerprint density at radius 2 is 2.11 bits per heavy atom. The van der Waals surface area contributed by atoms with Gasteiger partial charge in [-0.25, -0.2) is 8.42 Å². The van der Waals surface area contributed by atoms with Crippen molar-refractivity contribution in [1.29, 1.82) is 0 Å². The molecule has 6 heteroatoms. The Hall–Kier alpha value is -0.170. The van der Waals surface area contributed by atoms with Crippen LogP contribution in [0.2, 0.25) is 0 Å². The monoisotopic (exact) mass is 290 g/mol. The molecule has 2 N–H and O–H groups in total. The number of nitrogens with zero attached hydrogens (tertiary/aromatic N) is 1. The molecule has 1 saturated heterocycles. The third-order valence-corrected chi connectivity index (χ3v) is 6.52. The van der Waals surface area contributed by atoms with Crippen LogP contribution in [0.15, 0.2) is 0 Å². The molecule has 1 saturated carbocycles. The second-order valence-corrected chi connectivity index (χ2v) is 8.26. The molecule has 2 rings (SSSR count). The first-order valence-electron chi connectivity index (χ1n) is 7.12. The van der Waals surface area contributed by atoms with Gasteiger partial charge in [-0.3, -0.25) is 4.90 Å². The fourth-order valence-corrected chi connectivity index (χ4v) is 5.52. The summed E-state index contributed by atoms with van der Waals surface area (Å²) in [6.07, 6.45) is 6.27. The van der Waals surface area contributed by atoms with Crippen LogP contribution in [0.3, 0.4) is 0 Å². The molecule has 1 aliphatic carbocycles. The van der Waals surface area contributed by atoms with Crippen molar-refractivity contribution in [2.24, 2.45) is 5.73 Å². The maximum Gasteiger partial charge on any atom is 0.152 e. The maximum atomic E-state index is 12.0. The number of rotatable bonds is 5. The lowest BCUT2D eigenvalue weighted by molar-refractivity contribution is 0.0402. The SMILES string of the molecule is CN(CC1CCCO1)C1(CN)CCCC1S(C)(=O)=O. The van der Waals surface area contributed by atoms with Gasteiger partial charge in [0.1, 0.15) is 0 Å². The van der Waals surface area contributed by atoms with Crippen LogP contribution in [0.25, 0.3) is 0 Å². The first-order chi connectivity index (χ1) is 8.90. The third kappa shape index (κ3) is 2.96. The van der Waals surface area contributed by atoms with Gasteiger partial charge in [0.25, 0.3) is 0 Å². The minimum absolute atomic E-state index is 0.231. The van der Waals surface area contributed by atoms with E-state index in [2.05, 4.69) is 4.90 Å².